The third kappa shape index (κ3) is 4.04. The molecule has 3 nitrogen and oxygen atoms in total. The van der Waals surface area contributed by atoms with Crippen LogP contribution in [0, 0.1) is 6.92 Å². The van der Waals surface area contributed by atoms with Crippen LogP contribution in [0.25, 0.3) is 0 Å². The number of hydrogen-bond donors (Lipinski definition) is 1. The van der Waals surface area contributed by atoms with E-state index >= 15 is 0 Å². The fourth-order valence-corrected chi connectivity index (χ4v) is 2.12. The van der Waals surface area contributed by atoms with E-state index in [1.54, 1.807) is 43.3 Å². The maximum atomic E-state index is 14.0. The van der Waals surface area contributed by atoms with E-state index in [1.807, 2.05) is 0 Å². The van der Waals surface area contributed by atoms with Crippen LogP contribution in [0.2, 0.25) is 0 Å². The van der Waals surface area contributed by atoms with E-state index in [4.69, 9.17) is 10.5 Å². The van der Waals surface area contributed by atoms with E-state index in [0.717, 1.165) is 5.56 Å². The Labute approximate surface area is 127 Å². The molecule has 0 heterocycles. The lowest BCUT2D eigenvalue weighted by atomic mass is 10.1. The molecule has 0 spiro atoms. The number of carbonyl (C=O) groups is 1. The number of amides is 1. The van der Waals surface area contributed by atoms with Gasteiger partial charge in [0, 0.05) is 5.56 Å². The largest absolute Gasteiger partial charge is 0.487 e. The summed E-state index contributed by atoms with van der Waals surface area (Å²) in [6, 6.07) is 12.5. The molecule has 5 heteroatoms. The average Bonchev–Trinajstić information content (AvgIpc) is 2.47. The Morgan fingerprint density at radius 1 is 1.18 bits per heavy atom. The van der Waals surface area contributed by atoms with Crippen molar-refractivity contribution in [2.75, 3.05) is 6.61 Å². The van der Waals surface area contributed by atoms with E-state index in [0.29, 0.717) is 11.3 Å². The number of primary amides is 1. The number of hydrogen-bond acceptors (Lipinski definition) is 2. The Bertz CT molecular complexity index is 657. The molecule has 0 aliphatic carbocycles. The number of ether oxygens (including phenoxy) is 1. The zero-order valence-electron chi connectivity index (χ0n) is 12.2. The van der Waals surface area contributed by atoms with Crippen molar-refractivity contribution in [1.29, 1.82) is 0 Å². The maximum absolute atomic E-state index is 14.0. The van der Waals surface area contributed by atoms with E-state index in [2.05, 4.69) is 0 Å². The van der Waals surface area contributed by atoms with E-state index in [9.17, 15) is 13.6 Å². The van der Waals surface area contributed by atoms with Crippen LogP contribution in [0.5, 0.6) is 5.75 Å². The highest BCUT2D eigenvalue weighted by atomic mass is 19.3. The maximum Gasteiger partial charge on any atom is 0.306 e. The monoisotopic (exact) mass is 305 g/mol. The fourth-order valence-electron chi connectivity index (χ4n) is 2.12. The van der Waals surface area contributed by atoms with Crippen molar-refractivity contribution >= 4 is 5.91 Å². The topological polar surface area (TPSA) is 52.3 Å². The summed E-state index contributed by atoms with van der Waals surface area (Å²) in [4.78, 5) is 10.9. The molecule has 2 rings (SSSR count). The molecule has 0 aliphatic heterocycles. The van der Waals surface area contributed by atoms with Gasteiger partial charge >= 0.3 is 5.92 Å². The van der Waals surface area contributed by atoms with Gasteiger partial charge in [-0.2, -0.15) is 8.78 Å². The Hall–Kier alpha value is -2.43. The van der Waals surface area contributed by atoms with Crippen LogP contribution in [-0.2, 0) is 17.1 Å². The lowest BCUT2D eigenvalue weighted by molar-refractivity contribution is -0.117. The molecule has 116 valence electrons. The summed E-state index contributed by atoms with van der Waals surface area (Å²) in [5.41, 5.74) is 6.45. The average molecular weight is 305 g/mol. The number of halogens is 2. The number of carbonyl (C=O) groups excluding carboxylic acids is 1. The molecule has 0 radical (unpaired) electrons. The number of alkyl halides is 2. The first-order valence-electron chi connectivity index (χ1n) is 6.82. The Morgan fingerprint density at radius 3 is 2.45 bits per heavy atom. The van der Waals surface area contributed by atoms with Crippen LogP contribution >= 0.6 is 0 Å². The molecular formula is C17H17F2NO2. The van der Waals surface area contributed by atoms with Gasteiger partial charge in [-0.05, 0) is 24.1 Å². The predicted octanol–water partition coefficient (Wildman–Crippen LogP) is 3.19. The molecule has 0 unspecified atom stereocenters. The summed E-state index contributed by atoms with van der Waals surface area (Å²) in [6.07, 6.45) is 0.112. The minimum absolute atomic E-state index is 0.0852. The normalized spacial score (nSPS) is 11.2. The predicted molar refractivity (Wildman–Crippen MR) is 79.9 cm³/mol. The van der Waals surface area contributed by atoms with Gasteiger partial charge in [-0.15, -0.1) is 0 Å². The lowest BCUT2D eigenvalue weighted by Gasteiger charge is -2.18. The lowest BCUT2D eigenvalue weighted by Crippen LogP contribution is -2.23. The van der Waals surface area contributed by atoms with Gasteiger partial charge in [0.05, 0.1) is 6.42 Å². The number of nitrogens with two attached hydrogens (primary N) is 1. The van der Waals surface area contributed by atoms with Gasteiger partial charge in [0.1, 0.15) is 5.75 Å². The summed E-state index contributed by atoms with van der Waals surface area (Å²) in [7, 11) is 0. The van der Waals surface area contributed by atoms with Crippen LogP contribution in [-0.4, -0.2) is 12.5 Å². The highest BCUT2D eigenvalue weighted by Gasteiger charge is 2.32. The number of rotatable bonds is 6. The molecule has 0 aliphatic rings. The Balaban J connectivity index is 2.07. The molecular weight excluding hydrogens is 288 g/mol. The number of aryl methyl sites for hydroxylation is 1. The van der Waals surface area contributed by atoms with Gasteiger partial charge in [-0.3, -0.25) is 4.79 Å². The molecule has 0 aromatic heterocycles. The van der Waals surface area contributed by atoms with E-state index in [1.165, 1.54) is 12.1 Å². The SMILES string of the molecule is Cc1cc(CC(N)=O)ccc1OCC(F)(F)c1ccccc1. The second-order valence-electron chi connectivity index (χ2n) is 5.10. The van der Waals surface area contributed by atoms with E-state index in [-0.39, 0.29) is 12.0 Å². The zero-order valence-corrected chi connectivity index (χ0v) is 12.2. The van der Waals surface area contributed by atoms with Crippen LogP contribution in [0.15, 0.2) is 48.5 Å². The first kappa shape index (κ1) is 15.9. The van der Waals surface area contributed by atoms with E-state index < -0.39 is 18.4 Å². The highest BCUT2D eigenvalue weighted by Crippen LogP contribution is 2.29. The second kappa shape index (κ2) is 6.56. The third-order valence-corrected chi connectivity index (χ3v) is 3.22. The fraction of sp³-hybridized carbons (Fsp3) is 0.235. The van der Waals surface area contributed by atoms with Crippen molar-refractivity contribution < 1.29 is 18.3 Å². The van der Waals surface area contributed by atoms with Crippen molar-refractivity contribution in [3.8, 4) is 5.75 Å². The van der Waals surface area contributed by atoms with Gasteiger partial charge in [0.25, 0.3) is 0 Å². The summed E-state index contributed by atoms with van der Waals surface area (Å²) in [5.74, 6) is -3.15. The molecule has 2 aromatic rings. The quantitative estimate of drug-likeness (QED) is 0.891. The molecule has 0 saturated heterocycles. The molecule has 0 bridgehead atoms. The van der Waals surface area contributed by atoms with Crippen molar-refractivity contribution in [2.24, 2.45) is 5.73 Å². The minimum Gasteiger partial charge on any atom is -0.487 e. The van der Waals surface area contributed by atoms with Gasteiger partial charge in [0.2, 0.25) is 5.91 Å². The van der Waals surface area contributed by atoms with Crippen LogP contribution in [0.3, 0.4) is 0 Å². The van der Waals surface area contributed by atoms with Crippen LogP contribution in [0.4, 0.5) is 8.78 Å². The Morgan fingerprint density at radius 2 is 1.86 bits per heavy atom. The molecule has 2 aromatic carbocycles. The van der Waals surface area contributed by atoms with Crippen LogP contribution < -0.4 is 10.5 Å². The summed E-state index contributed by atoms with van der Waals surface area (Å²) in [5, 5.41) is 0. The second-order valence-corrected chi connectivity index (χ2v) is 5.10. The Kier molecular flexibility index (Phi) is 4.75. The van der Waals surface area contributed by atoms with Gasteiger partial charge < -0.3 is 10.5 Å². The standard InChI is InChI=1S/C17H17F2NO2/c1-12-9-13(10-16(20)21)7-8-15(12)22-11-17(18,19)14-5-3-2-4-6-14/h2-9H,10-11H2,1H3,(H2,20,21). The summed E-state index contributed by atoms with van der Waals surface area (Å²) in [6.45, 7) is 0.994. The minimum atomic E-state index is -3.07. The molecule has 22 heavy (non-hydrogen) atoms. The van der Waals surface area contributed by atoms with Crippen molar-refractivity contribution in [2.45, 2.75) is 19.3 Å². The molecule has 1 amide bonds. The first-order chi connectivity index (χ1) is 10.4. The first-order valence-corrected chi connectivity index (χ1v) is 6.82. The van der Waals surface area contributed by atoms with Crippen molar-refractivity contribution in [1.82, 2.24) is 0 Å². The van der Waals surface area contributed by atoms with Gasteiger partial charge in [-0.25, -0.2) is 0 Å². The molecule has 2 N–H and O–H groups in total. The molecule has 0 atom stereocenters. The van der Waals surface area contributed by atoms with Crippen molar-refractivity contribution in [3.05, 3.63) is 65.2 Å². The molecule has 0 fully saturated rings. The van der Waals surface area contributed by atoms with Crippen LogP contribution in [0.1, 0.15) is 16.7 Å². The smallest absolute Gasteiger partial charge is 0.306 e. The summed E-state index contributed by atoms with van der Waals surface area (Å²) >= 11 is 0. The van der Waals surface area contributed by atoms with Crippen molar-refractivity contribution in [3.63, 3.8) is 0 Å². The van der Waals surface area contributed by atoms with Gasteiger partial charge in [-0.1, -0.05) is 42.5 Å². The molecule has 0 saturated carbocycles. The number of benzene rings is 2. The summed E-state index contributed by atoms with van der Waals surface area (Å²) < 4.78 is 33.3. The van der Waals surface area contributed by atoms with Gasteiger partial charge in [0.15, 0.2) is 6.61 Å². The highest BCUT2D eigenvalue weighted by molar-refractivity contribution is 5.76. The third-order valence-electron chi connectivity index (χ3n) is 3.22. The zero-order chi connectivity index (χ0) is 16.2.